The van der Waals surface area contributed by atoms with Crippen LogP contribution in [-0.4, -0.2) is 64.4 Å². The molecule has 1 aliphatic rings. The molecule has 0 radical (unpaired) electrons. The van der Waals surface area contributed by atoms with E-state index in [0.717, 1.165) is 5.56 Å². The van der Waals surface area contributed by atoms with Gasteiger partial charge in [0.05, 0.1) is 6.10 Å². The first-order chi connectivity index (χ1) is 16.9. The lowest BCUT2D eigenvalue weighted by Gasteiger charge is -2.29. The van der Waals surface area contributed by atoms with E-state index >= 15 is 0 Å². The van der Waals surface area contributed by atoms with Gasteiger partial charge in [-0.3, -0.25) is 9.59 Å². The molecule has 0 heterocycles. The van der Waals surface area contributed by atoms with E-state index in [4.69, 9.17) is 9.84 Å². The van der Waals surface area contributed by atoms with Gasteiger partial charge in [-0.15, -0.1) is 0 Å². The van der Waals surface area contributed by atoms with Crippen LogP contribution < -0.4 is 16.0 Å². The number of carboxylic acid groups (broad SMARTS) is 1. The van der Waals surface area contributed by atoms with Crippen molar-refractivity contribution in [2.75, 3.05) is 6.54 Å². The molecule has 0 unspecified atom stereocenters. The first kappa shape index (κ1) is 29.1. The molecule has 5 N–H and O–H groups in total. The summed E-state index contributed by atoms with van der Waals surface area (Å²) in [6.07, 6.45) is 0.941. The van der Waals surface area contributed by atoms with E-state index in [1.165, 1.54) is 6.92 Å². The van der Waals surface area contributed by atoms with Crippen LogP contribution in [0.15, 0.2) is 30.3 Å². The molecule has 1 aliphatic carbocycles. The predicted octanol–water partition coefficient (Wildman–Crippen LogP) is 2.00. The summed E-state index contributed by atoms with van der Waals surface area (Å²) in [6, 6.07) is 7.23. The molecule has 0 bridgehead atoms. The van der Waals surface area contributed by atoms with Crippen molar-refractivity contribution >= 4 is 23.9 Å². The summed E-state index contributed by atoms with van der Waals surface area (Å²) in [7, 11) is 0. The van der Waals surface area contributed by atoms with Gasteiger partial charge < -0.3 is 30.9 Å². The number of alkyl carbamates (subject to hydrolysis) is 1. The number of nitrogens with one attached hydrogen (secondary N) is 3. The van der Waals surface area contributed by atoms with Gasteiger partial charge in [0.1, 0.15) is 11.6 Å². The normalized spacial score (nSPS) is 20.4. The number of amides is 3. The zero-order chi connectivity index (χ0) is 26.9. The third kappa shape index (κ3) is 9.85. The number of hydrogen-bond acceptors (Lipinski definition) is 6. The lowest BCUT2D eigenvalue weighted by molar-refractivity contribution is -0.145. The quantitative estimate of drug-likeness (QED) is 0.326. The Balaban J connectivity index is 1.89. The van der Waals surface area contributed by atoms with Crippen molar-refractivity contribution < 1.29 is 34.1 Å². The van der Waals surface area contributed by atoms with Crippen LogP contribution >= 0.6 is 0 Å². The number of ether oxygens (including phenoxy) is 1. The zero-order valence-electron chi connectivity index (χ0n) is 21.5. The largest absolute Gasteiger partial charge is 0.480 e. The molecule has 1 fully saturated rings. The summed E-state index contributed by atoms with van der Waals surface area (Å²) < 4.78 is 5.32. The van der Waals surface area contributed by atoms with E-state index < -0.39 is 35.9 Å². The highest BCUT2D eigenvalue weighted by Gasteiger charge is 2.32. The van der Waals surface area contributed by atoms with Gasteiger partial charge in [-0.05, 0) is 64.9 Å². The van der Waals surface area contributed by atoms with Crippen molar-refractivity contribution in [2.45, 2.75) is 83.6 Å². The minimum absolute atomic E-state index is 0.156. The fraction of sp³-hybridized carbons (Fsp3) is 0.615. The molecule has 2 rings (SSSR count). The second-order valence-electron chi connectivity index (χ2n) is 10.4. The van der Waals surface area contributed by atoms with Crippen molar-refractivity contribution in [2.24, 2.45) is 11.8 Å². The van der Waals surface area contributed by atoms with Gasteiger partial charge in [-0.25, -0.2) is 9.59 Å². The van der Waals surface area contributed by atoms with Crippen LogP contribution in [0.5, 0.6) is 0 Å². The number of carboxylic acids is 1. The molecule has 1 aromatic rings. The lowest BCUT2D eigenvalue weighted by Crippen LogP contribution is -2.51. The molecule has 1 saturated carbocycles. The van der Waals surface area contributed by atoms with Crippen LogP contribution in [0.4, 0.5) is 4.79 Å². The highest BCUT2D eigenvalue weighted by Crippen LogP contribution is 2.28. The maximum Gasteiger partial charge on any atom is 0.408 e. The molecule has 3 amide bonds. The monoisotopic (exact) mass is 505 g/mol. The highest BCUT2D eigenvalue weighted by molar-refractivity contribution is 5.86. The van der Waals surface area contributed by atoms with E-state index in [1.54, 1.807) is 20.8 Å². The third-order valence-corrected chi connectivity index (χ3v) is 6.12. The van der Waals surface area contributed by atoms with Gasteiger partial charge in [-0.1, -0.05) is 30.3 Å². The van der Waals surface area contributed by atoms with E-state index in [-0.39, 0.29) is 23.7 Å². The van der Waals surface area contributed by atoms with E-state index in [0.29, 0.717) is 38.6 Å². The van der Waals surface area contributed by atoms with Gasteiger partial charge in [0.25, 0.3) is 0 Å². The van der Waals surface area contributed by atoms with Gasteiger partial charge in [-0.2, -0.15) is 0 Å². The number of benzene rings is 1. The molecule has 10 heteroatoms. The number of aliphatic hydroxyl groups excluding tert-OH is 1. The number of hydrogen-bond donors (Lipinski definition) is 5. The topological polar surface area (TPSA) is 154 Å². The molecule has 3 atom stereocenters. The average molecular weight is 506 g/mol. The lowest BCUT2D eigenvalue weighted by atomic mass is 9.81. The standard InChI is InChI=1S/C26H39N3O7/c1-16(30)21(24(33)34)29-22(31)19-12-10-18(11-13-19)15-27-23(32)20(14-17-8-6-5-7-9-17)28-25(35)36-26(2,3)4/h5-9,16,18-21,30H,10-15H2,1-4H3,(H,27,32)(H,28,35)(H,29,31)(H,33,34)/t16-,18?,19?,20-,21-/m0/s1. The van der Waals surface area contributed by atoms with Crippen LogP contribution in [0.2, 0.25) is 0 Å². The van der Waals surface area contributed by atoms with Gasteiger partial charge >= 0.3 is 12.1 Å². The van der Waals surface area contributed by atoms with Crippen molar-refractivity contribution in [3.05, 3.63) is 35.9 Å². The highest BCUT2D eigenvalue weighted by atomic mass is 16.6. The Kier molecular flexibility index (Phi) is 10.7. The van der Waals surface area contributed by atoms with Crippen molar-refractivity contribution in [1.29, 1.82) is 0 Å². The fourth-order valence-corrected chi connectivity index (χ4v) is 4.17. The molecule has 200 valence electrons. The number of aliphatic hydroxyl groups is 1. The molecule has 0 aliphatic heterocycles. The van der Waals surface area contributed by atoms with Gasteiger partial charge in [0.2, 0.25) is 11.8 Å². The molecule has 0 saturated heterocycles. The van der Waals surface area contributed by atoms with Crippen LogP contribution in [0, 0.1) is 11.8 Å². The van der Waals surface area contributed by atoms with Crippen molar-refractivity contribution in [3.8, 4) is 0 Å². The minimum Gasteiger partial charge on any atom is -0.480 e. The molecule has 1 aromatic carbocycles. The summed E-state index contributed by atoms with van der Waals surface area (Å²) in [5, 5.41) is 26.7. The number of aliphatic carboxylic acids is 1. The SMILES string of the molecule is C[C@H](O)[C@H](NC(=O)C1CCC(CNC(=O)[C@H](Cc2ccccc2)NC(=O)OC(C)(C)C)CC1)C(=O)O. The van der Waals surface area contributed by atoms with Crippen molar-refractivity contribution in [3.63, 3.8) is 0 Å². The molecule has 0 aromatic heterocycles. The molecule has 0 spiro atoms. The molecule has 10 nitrogen and oxygen atoms in total. The predicted molar refractivity (Wildman–Crippen MR) is 133 cm³/mol. The number of carbonyl (C=O) groups is 4. The smallest absolute Gasteiger partial charge is 0.408 e. The van der Waals surface area contributed by atoms with E-state index in [2.05, 4.69) is 16.0 Å². The Morgan fingerprint density at radius 3 is 2.17 bits per heavy atom. The molecular formula is C26H39N3O7. The Labute approximate surface area is 212 Å². The Hall–Kier alpha value is -3.14. The maximum absolute atomic E-state index is 13.0. The maximum atomic E-state index is 13.0. The second-order valence-corrected chi connectivity index (χ2v) is 10.4. The first-order valence-electron chi connectivity index (χ1n) is 12.4. The van der Waals surface area contributed by atoms with Crippen LogP contribution in [-0.2, 0) is 25.5 Å². The Morgan fingerprint density at radius 2 is 1.64 bits per heavy atom. The number of carbonyl (C=O) groups excluding carboxylic acids is 3. The number of rotatable bonds is 10. The zero-order valence-corrected chi connectivity index (χ0v) is 21.5. The van der Waals surface area contributed by atoms with Crippen LogP contribution in [0.3, 0.4) is 0 Å². The van der Waals surface area contributed by atoms with E-state index in [1.807, 2.05) is 30.3 Å². The second kappa shape index (κ2) is 13.2. The van der Waals surface area contributed by atoms with Gasteiger partial charge in [0, 0.05) is 18.9 Å². The fourth-order valence-electron chi connectivity index (χ4n) is 4.17. The van der Waals surface area contributed by atoms with Crippen LogP contribution in [0.25, 0.3) is 0 Å². The molecular weight excluding hydrogens is 466 g/mol. The van der Waals surface area contributed by atoms with Gasteiger partial charge in [0.15, 0.2) is 6.04 Å². The summed E-state index contributed by atoms with van der Waals surface area (Å²) in [6.45, 7) is 6.98. The summed E-state index contributed by atoms with van der Waals surface area (Å²) in [5.41, 5.74) is 0.208. The summed E-state index contributed by atoms with van der Waals surface area (Å²) in [4.78, 5) is 49.0. The summed E-state index contributed by atoms with van der Waals surface area (Å²) >= 11 is 0. The molecule has 36 heavy (non-hydrogen) atoms. The summed E-state index contributed by atoms with van der Waals surface area (Å²) in [5.74, 6) is -2.15. The van der Waals surface area contributed by atoms with E-state index in [9.17, 15) is 24.3 Å². The first-order valence-corrected chi connectivity index (χ1v) is 12.4. The van der Waals surface area contributed by atoms with Crippen molar-refractivity contribution in [1.82, 2.24) is 16.0 Å². The Morgan fingerprint density at radius 1 is 1.03 bits per heavy atom. The Bertz CT molecular complexity index is 891. The van der Waals surface area contributed by atoms with Crippen LogP contribution in [0.1, 0.15) is 58.9 Å². The third-order valence-electron chi connectivity index (χ3n) is 6.12. The average Bonchev–Trinajstić information content (AvgIpc) is 2.79. The minimum atomic E-state index is -1.34.